The van der Waals surface area contributed by atoms with E-state index < -0.39 is 0 Å². The summed E-state index contributed by atoms with van der Waals surface area (Å²) in [6.07, 6.45) is 3.88. The summed E-state index contributed by atoms with van der Waals surface area (Å²) in [7, 11) is 0. The summed E-state index contributed by atoms with van der Waals surface area (Å²) in [5.41, 5.74) is 8.48. The summed E-state index contributed by atoms with van der Waals surface area (Å²) in [6, 6.07) is 49.9. The molecule has 0 aliphatic carbocycles. The van der Waals surface area contributed by atoms with Gasteiger partial charge >= 0.3 is 0 Å². The van der Waals surface area contributed by atoms with Crippen molar-refractivity contribution in [2.75, 3.05) is 0 Å². The monoisotopic (exact) mass is 562 g/mol. The van der Waals surface area contributed by atoms with Gasteiger partial charge in [-0.1, -0.05) is 109 Å². The van der Waals surface area contributed by atoms with Crippen molar-refractivity contribution in [3.05, 3.63) is 158 Å². The Kier molecular flexibility index (Phi) is 6.43. The van der Waals surface area contributed by atoms with Gasteiger partial charge in [0.2, 0.25) is 0 Å². The van der Waals surface area contributed by atoms with Crippen molar-refractivity contribution in [3.8, 4) is 56.4 Å². The van der Waals surface area contributed by atoms with Gasteiger partial charge in [-0.15, -0.1) is 0 Å². The van der Waals surface area contributed by atoms with Gasteiger partial charge in [0, 0.05) is 51.0 Å². The Morgan fingerprint density at radius 1 is 0.295 bits per heavy atom. The van der Waals surface area contributed by atoms with Crippen molar-refractivity contribution >= 4 is 21.5 Å². The summed E-state index contributed by atoms with van der Waals surface area (Å²) < 4.78 is 0. The van der Waals surface area contributed by atoms with Crippen molar-refractivity contribution in [3.63, 3.8) is 0 Å². The quantitative estimate of drug-likeness (QED) is 0.209. The van der Waals surface area contributed by atoms with Crippen molar-refractivity contribution in [2.45, 2.75) is 0 Å². The second kappa shape index (κ2) is 11.0. The van der Waals surface area contributed by atoms with E-state index in [1.54, 1.807) is 0 Å². The Bertz CT molecular complexity index is 2120. The summed E-state index contributed by atoms with van der Waals surface area (Å²) >= 11 is 0. The summed E-state index contributed by atoms with van der Waals surface area (Å²) in [4.78, 5) is 19.9. The molecule has 206 valence electrons. The largest absolute Gasteiger partial charge is 0.256 e. The predicted molar refractivity (Wildman–Crippen MR) is 180 cm³/mol. The molecule has 0 radical (unpaired) electrons. The first kappa shape index (κ1) is 25.7. The van der Waals surface area contributed by atoms with Gasteiger partial charge < -0.3 is 0 Å². The first-order valence-corrected chi connectivity index (χ1v) is 14.6. The van der Waals surface area contributed by atoms with Crippen molar-refractivity contribution < 1.29 is 0 Å². The highest BCUT2D eigenvalue weighted by atomic mass is 14.9. The smallest absolute Gasteiger partial charge is 0.160 e. The number of hydrogen-bond acceptors (Lipinski definition) is 4. The molecule has 3 aromatic heterocycles. The van der Waals surface area contributed by atoms with Crippen molar-refractivity contribution in [2.24, 2.45) is 0 Å². The number of hydrogen-bond donors (Lipinski definition) is 0. The predicted octanol–water partition coefficient (Wildman–Crippen LogP) is 9.91. The Morgan fingerprint density at radius 3 is 1.23 bits per heavy atom. The molecule has 8 rings (SSSR count). The third-order valence-corrected chi connectivity index (χ3v) is 7.91. The van der Waals surface area contributed by atoms with E-state index >= 15 is 0 Å². The first-order valence-electron chi connectivity index (χ1n) is 14.6. The van der Waals surface area contributed by atoms with Gasteiger partial charge in [0.1, 0.15) is 0 Å². The molecule has 0 N–H and O–H groups in total. The zero-order valence-electron chi connectivity index (χ0n) is 23.8. The van der Waals surface area contributed by atoms with E-state index in [1.165, 1.54) is 0 Å². The van der Waals surface area contributed by atoms with Crippen LogP contribution in [0.5, 0.6) is 0 Å². The van der Waals surface area contributed by atoms with E-state index in [2.05, 4.69) is 84.9 Å². The molecule has 4 heteroatoms. The van der Waals surface area contributed by atoms with Gasteiger partial charge in [0.05, 0.1) is 22.8 Å². The number of rotatable bonds is 5. The first-order chi connectivity index (χ1) is 21.8. The van der Waals surface area contributed by atoms with E-state index in [-0.39, 0.29) is 0 Å². The molecule has 0 fully saturated rings. The molecule has 0 spiro atoms. The van der Waals surface area contributed by atoms with Crippen LogP contribution in [0, 0.1) is 0 Å². The third-order valence-electron chi connectivity index (χ3n) is 7.91. The molecule has 4 nitrogen and oxygen atoms in total. The van der Waals surface area contributed by atoms with Gasteiger partial charge in [-0.2, -0.15) is 0 Å². The second-order valence-corrected chi connectivity index (χ2v) is 10.8. The molecular weight excluding hydrogens is 536 g/mol. The SMILES string of the molecule is c1ccc(-c2cc(-c3cc(-c4cc5ccccc5cn4)cc(-c4cc5ccccc5cn4)c3)nc(-c3ccccc3)n2)cc1. The van der Waals surface area contributed by atoms with Crippen LogP contribution in [-0.4, -0.2) is 19.9 Å². The van der Waals surface area contributed by atoms with Crippen LogP contribution in [-0.2, 0) is 0 Å². The minimum atomic E-state index is 0.682. The topological polar surface area (TPSA) is 51.6 Å². The number of nitrogens with zero attached hydrogens (tertiary/aromatic N) is 4. The Labute approximate surface area is 255 Å². The normalized spacial score (nSPS) is 11.2. The highest BCUT2D eigenvalue weighted by Gasteiger charge is 2.15. The second-order valence-electron chi connectivity index (χ2n) is 10.8. The maximum absolute atomic E-state index is 5.12. The van der Waals surface area contributed by atoms with Crippen molar-refractivity contribution in [1.82, 2.24) is 19.9 Å². The average Bonchev–Trinajstić information content (AvgIpc) is 3.11. The molecule has 44 heavy (non-hydrogen) atoms. The van der Waals surface area contributed by atoms with Crippen LogP contribution >= 0.6 is 0 Å². The lowest BCUT2D eigenvalue weighted by Gasteiger charge is -2.13. The van der Waals surface area contributed by atoms with E-state index in [0.29, 0.717) is 5.82 Å². The molecule has 0 atom stereocenters. The summed E-state index contributed by atoms with van der Waals surface area (Å²) in [5.74, 6) is 0.682. The lowest BCUT2D eigenvalue weighted by Crippen LogP contribution is -1.97. The maximum atomic E-state index is 5.12. The average molecular weight is 563 g/mol. The zero-order valence-corrected chi connectivity index (χ0v) is 23.8. The van der Waals surface area contributed by atoms with E-state index in [4.69, 9.17) is 19.9 Å². The standard InChI is InChI=1S/C40H26N4/c1-3-11-27(12-4-1)38-24-39(44-40(43-38)28-13-5-2-6-14-28)35-20-33(36-22-29-15-7-9-17-31(29)25-41-36)19-34(21-35)37-23-30-16-8-10-18-32(30)26-42-37/h1-26H. The van der Waals surface area contributed by atoms with Crippen LogP contribution < -0.4 is 0 Å². The third kappa shape index (κ3) is 4.99. The van der Waals surface area contributed by atoms with Gasteiger partial charge in [-0.3, -0.25) is 9.97 Å². The van der Waals surface area contributed by atoms with Gasteiger partial charge in [-0.25, -0.2) is 9.97 Å². The summed E-state index contributed by atoms with van der Waals surface area (Å²) in [5, 5.41) is 4.51. The molecule has 0 amide bonds. The fourth-order valence-electron chi connectivity index (χ4n) is 5.62. The molecule has 3 heterocycles. The van der Waals surface area contributed by atoms with E-state index in [0.717, 1.165) is 72.1 Å². The number of benzene rings is 5. The lowest BCUT2D eigenvalue weighted by molar-refractivity contribution is 1.18. The minimum absolute atomic E-state index is 0.682. The van der Waals surface area contributed by atoms with Gasteiger partial charge in [-0.05, 0) is 47.2 Å². The fourth-order valence-corrected chi connectivity index (χ4v) is 5.62. The van der Waals surface area contributed by atoms with Gasteiger partial charge in [0.25, 0.3) is 0 Å². The van der Waals surface area contributed by atoms with Crippen LogP contribution in [0.25, 0.3) is 78.0 Å². The molecule has 0 unspecified atom stereocenters. The van der Waals surface area contributed by atoms with Crippen LogP contribution in [0.4, 0.5) is 0 Å². The highest BCUT2D eigenvalue weighted by molar-refractivity contribution is 5.89. The molecule has 0 aliphatic heterocycles. The molecule has 8 aromatic rings. The molecule has 0 saturated heterocycles. The van der Waals surface area contributed by atoms with E-state index in [9.17, 15) is 0 Å². The highest BCUT2D eigenvalue weighted by Crippen LogP contribution is 2.35. The Balaban J connectivity index is 1.36. The van der Waals surface area contributed by atoms with Crippen LogP contribution in [0.2, 0.25) is 0 Å². The van der Waals surface area contributed by atoms with Gasteiger partial charge in [0.15, 0.2) is 5.82 Å². The molecule has 0 saturated carbocycles. The Morgan fingerprint density at radius 2 is 0.705 bits per heavy atom. The summed E-state index contributed by atoms with van der Waals surface area (Å²) in [6.45, 7) is 0. The van der Waals surface area contributed by atoms with Crippen LogP contribution in [0.1, 0.15) is 0 Å². The molecular formula is C40H26N4. The molecule has 5 aromatic carbocycles. The number of aromatic nitrogens is 4. The maximum Gasteiger partial charge on any atom is 0.160 e. The lowest BCUT2D eigenvalue weighted by atomic mass is 9.97. The fraction of sp³-hybridized carbons (Fsp3) is 0. The zero-order chi connectivity index (χ0) is 29.3. The number of fused-ring (bicyclic) bond motifs is 2. The van der Waals surface area contributed by atoms with Crippen LogP contribution in [0.3, 0.4) is 0 Å². The molecule has 0 aliphatic rings. The minimum Gasteiger partial charge on any atom is -0.256 e. The van der Waals surface area contributed by atoms with E-state index in [1.807, 2.05) is 73.1 Å². The van der Waals surface area contributed by atoms with Crippen LogP contribution in [0.15, 0.2) is 158 Å². The van der Waals surface area contributed by atoms with Crippen molar-refractivity contribution in [1.29, 1.82) is 0 Å². The Hall–Kier alpha value is -6.00. The number of pyridine rings is 2. The molecule has 0 bridgehead atoms.